The summed E-state index contributed by atoms with van der Waals surface area (Å²) in [5.41, 5.74) is 1.08. The summed E-state index contributed by atoms with van der Waals surface area (Å²) in [4.78, 5) is 3.10. The van der Waals surface area contributed by atoms with Crippen molar-refractivity contribution >= 4 is 17.2 Å². The van der Waals surface area contributed by atoms with Gasteiger partial charge < -0.3 is 14.4 Å². The topological polar surface area (TPSA) is 21.7 Å². The van der Waals surface area contributed by atoms with Crippen LogP contribution < -0.4 is 4.74 Å². The summed E-state index contributed by atoms with van der Waals surface area (Å²) in [6.45, 7) is 8.30. The van der Waals surface area contributed by atoms with Crippen molar-refractivity contribution < 1.29 is 9.47 Å². The third kappa shape index (κ3) is 4.18. The van der Waals surface area contributed by atoms with E-state index in [9.17, 15) is 0 Å². The van der Waals surface area contributed by atoms with Gasteiger partial charge in [-0.15, -0.1) is 0 Å². The Kier molecular flexibility index (Phi) is 5.16. The third-order valence-electron chi connectivity index (χ3n) is 2.98. The van der Waals surface area contributed by atoms with Gasteiger partial charge in [-0.1, -0.05) is 26.1 Å². The van der Waals surface area contributed by atoms with Gasteiger partial charge in [0.15, 0.2) is 0 Å². The SMILES string of the molecule is CC(C)COc1ccc(C(=S)N2CCOCC2)cc1. The number of thiocarbonyl (C=S) groups is 1. The van der Waals surface area contributed by atoms with Crippen LogP contribution in [0.5, 0.6) is 5.75 Å². The first kappa shape index (κ1) is 14.3. The summed E-state index contributed by atoms with van der Waals surface area (Å²) >= 11 is 5.52. The largest absolute Gasteiger partial charge is 0.493 e. The normalized spacial score (nSPS) is 15.6. The van der Waals surface area contributed by atoms with Gasteiger partial charge in [0.05, 0.1) is 19.8 Å². The lowest BCUT2D eigenvalue weighted by atomic mass is 10.2. The molecule has 0 saturated carbocycles. The number of hydrogen-bond acceptors (Lipinski definition) is 3. The molecule has 1 aliphatic heterocycles. The molecule has 0 radical (unpaired) electrons. The van der Waals surface area contributed by atoms with Crippen molar-refractivity contribution in [3.05, 3.63) is 29.8 Å². The average molecular weight is 279 g/mol. The first-order valence-electron chi connectivity index (χ1n) is 6.76. The van der Waals surface area contributed by atoms with Crippen molar-refractivity contribution in [2.24, 2.45) is 5.92 Å². The van der Waals surface area contributed by atoms with Crippen LogP contribution in [0.1, 0.15) is 19.4 Å². The molecule has 1 aromatic rings. The van der Waals surface area contributed by atoms with Crippen molar-refractivity contribution in [1.29, 1.82) is 0 Å². The lowest BCUT2D eigenvalue weighted by Gasteiger charge is -2.29. The van der Waals surface area contributed by atoms with Crippen LogP contribution in [0.25, 0.3) is 0 Å². The van der Waals surface area contributed by atoms with E-state index in [1.54, 1.807) is 0 Å². The van der Waals surface area contributed by atoms with Crippen LogP contribution in [0, 0.1) is 5.92 Å². The van der Waals surface area contributed by atoms with Gasteiger partial charge >= 0.3 is 0 Å². The van der Waals surface area contributed by atoms with Crippen LogP contribution in [0.2, 0.25) is 0 Å². The number of hydrogen-bond donors (Lipinski definition) is 0. The molecule has 2 rings (SSSR count). The number of benzene rings is 1. The number of rotatable bonds is 4. The van der Waals surface area contributed by atoms with E-state index < -0.39 is 0 Å². The highest BCUT2D eigenvalue weighted by molar-refractivity contribution is 7.80. The molecule has 1 saturated heterocycles. The highest BCUT2D eigenvalue weighted by atomic mass is 32.1. The number of ether oxygens (including phenoxy) is 2. The van der Waals surface area contributed by atoms with Crippen molar-refractivity contribution in [2.75, 3.05) is 32.9 Å². The van der Waals surface area contributed by atoms with E-state index in [4.69, 9.17) is 21.7 Å². The molecule has 0 amide bonds. The second-order valence-electron chi connectivity index (χ2n) is 5.13. The van der Waals surface area contributed by atoms with Gasteiger partial charge in [-0.25, -0.2) is 0 Å². The monoisotopic (exact) mass is 279 g/mol. The van der Waals surface area contributed by atoms with Crippen molar-refractivity contribution in [2.45, 2.75) is 13.8 Å². The van der Waals surface area contributed by atoms with Gasteiger partial charge in [0, 0.05) is 18.7 Å². The second-order valence-corrected chi connectivity index (χ2v) is 5.52. The molecule has 19 heavy (non-hydrogen) atoms. The predicted octanol–water partition coefficient (Wildman–Crippen LogP) is 2.73. The Morgan fingerprint density at radius 1 is 1.26 bits per heavy atom. The van der Waals surface area contributed by atoms with Crippen LogP contribution in [0.15, 0.2) is 24.3 Å². The van der Waals surface area contributed by atoms with Gasteiger partial charge in [0.1, 0.15) is 10.7 Å². The maximum absolute atomic E-state index is 5.67. The summed E-state index contributed by atoms with van der Waals surface area (Å²) in [5.74, 6) is 1.44. The van der Waals surface area contributed by atoms with Crippen molar-refractivity contribution in [3.63, 3.8) is 0 Å². The second kappa shape index (κ2) is 6.87. The zero-order valence-corrected chi connectivity index (χ0v) is 12.4. The van der Waals surface area contributed by atoms with Crippen molar-refractivity contribution in [1.82, 2.24) is 4.90 Å². The van der Waals surface area contributed by atoms with Gasteiger partial charge in [-0.2, -0.15) is 0 Å². The Hall–Kier alpha value is -1.13. The standard InChI is InChI=1S/C15H21NO2S/c1-12(2)11-18-14-5-3-13(4-6-14)15(19)16-7-9-17-10-8-16/h3-6,12H,7-11H2,1-2H3. The fourth-order valence-electron chi connectivity index (χ4n) is 1.91. The maximum atomic E-state index is 5.67. The molecule has 0 atom stereocenters. The molecule has 0 N–H and O–H groups in total. The number of morpholine rings is 1. The summed E-state index contributed by atoms with van der Waals surface area (Å²) < 4.78 is 11.0. The maximum Gasteiger partial charge on any atom is 0.119 e. The van der Waals surface area contributed by atoms with E-state index in [0.717, 1.165) is 49.2 Å². The Bertz CT molecular complexity index is 411. The summed E-state index contributed by atoms with van der Waals surface area (Å²) in [6, 6.07) is 8.05. The van der Waals surface area contributed by atoms with E-state index in [1.165, 1.54) is 0 Å². The highest BCUT2D eigenvalue weighted by Crippen LogP contribution is 2.16. The van der Waals surface area contributed by atoms with Gasteiger partial charge in [-0.05, 0) is 30.2 Å². The summed E-state index contributed by atoms with van der Waals surface area (Å²) in [7, 11) is 0. The molecular weight excluding hydrogens is 258 g/mol. The first-order chi connectivity index (χ1) is 9.16. The van der Waals surface area contributed by atoms with Crippen LogP contribution in [-0.2, 0) is 4.74 Å². The van der Waals surface area contributed by atoms with Gasteiger partial charge in [0.2, 0.25) is 0 Å². The predicted molar refractivity (Wildman–Crippen MR) is 80.9 cm³/mol. The fraction of sp³-hybridized carbons (Fsp3) is 0.533. The molecule has 0 aromatic heterocycles. The lowest BCUT2D eigenvalue weighted by molar-refractivity contribution is 0.0693. The number of nitrogens with zero attached hydrogens (tertiary/aromatic N) is 1. The van der Waals surface area contributed by atoms with Crippen LogP contribution in [-0.4, -0.2) is 42.8 Å². The molecule has 104 valence electrons. The van der Waals surface area contributed by atoms with E-state index in [0.29, 0.717) is 5.92 Å². The Morgan fingerprint density at radius 2 is 1.89 bits per heavy atom. The Labute approximate surface area is 120 Å². The molecule has 0 bridgehead atoms. The van der Waals surface area contributed by atoms with Gasteiger partial charge in [-0.3, -0.25) is 0 Å². The van der Waals surface area contributed by atoms with Gasteiger partial charge in [0.25, 0.3) is 0 Å². The molecule has 1 aliphatic rings. The quantitative estimate of drug-likeness (QED) is 0.790. The smallest absolute Gasteiger partial charge is 0.119 e. The summed E-state index contributed by atoms with van der Waals surface area (Å²) in [6.07, 6.45) is 0. The lowest BCUT2D eigenvalue weighted by Crippen LogP contribution is -2.40. The molecule has 0 spiro atoms. The third-order valence-corrected chi connectivity index (χ3v) is 3.48. The molecule has 1 heterocycles. The zero-order chi connectivity index (χ0) is 13.7. The Balaban J connectivity index is 1.95. The average Bonchev–Trinajstić information content (AvgIpc) is 2.46. The highest BCUT2D eigenvalue weighted by Gasteiger charge is 2.14. The van der Waals surface area contributed by atoms with E-state index in [1.807, 2.05) is 24.3 Å². The summed E-state index contributed by atoms with van der Waals surface area (Å²) in [5, 5.41) is 0. The molecule has 3 nitrogen and oxygen atoms in total. The molecule has 0 aliphatic carbocycles. The van der Waals surface area contributed by atoms with Crippen molar-refractivity contribution in [3.8, 4) is 5.75 Å². The van der Waals surface area contributed by atoms with E-state index in [2.05, 4.69) is 18.7 Å². The molecular formula is C15H21NO2S. The molecule has 1 fully saturated rings. The molecule has 1 aromatic carbocycles. The van der Waals surface area contributed by atoms with E-state index >= 15 is 0 Å². The first-order valence-corrected chi connectivity index (χ1v) is 7.17. The minimum absolute atomic E-state index is 0.536. The minimum atomic E-state index is 0.536. The minimum Gasteiger partial charge on any atom is -0.493 e. The molecule has 0 unspecified atom stereocenters. The Morgan fingerprint density at radius 3 is 2.47 bits per heavy atom. The van der Waals surface area contributed by atoms with Crippen LogP contribution >= 0.6 is 12.2 Å². The molecule has 4 heteroatoms. The zero-order valence-electron chi connectivity index (χ0n) is 11.6. The fourth-order valence-corrected chi connectivity index (χ4v) is 2.22. The van der Waals surface area contributed by atoms with Crippen LogP contribution in [0.3, 0.4) is 0 Å². The van der Waals surface area contributed by atoms with E-state index in [-0.39, 0.29) is 0 Å². The van der Waals surface area contributed by atoms with Crippen LogP contribution in [0.4, 0.5) is 0 Å².